The van der Waals surface area contributed by atoms with Gasteiger partial charge in [0.2, 0.25) is 0 Å². The first-order chi connectivity index (χ1) is 14.8. The normalized spacial score (nSPS) is 42.6. The van der Waals surface area contributed by atoms with E-state index in [1.807, 2.05) is 0 Å². The molecule has 4 aliphatic rings. The third kappa shape index (κ3) is 10.6. The summed E-state index contributed by atoms with van der Waals surface area (Å²) in [6, 6.07) is 0. The molecule has 0 radical (unpaired) electrons. The maximum Gasteiger partial charge on any atom is -0.0231 e. The van der Waals surface area contributed by atoms with Crippen molar-refractivity contribution in [3.8, 4) is 0 Å². The quantitative estimate of drug-likeness (QED) is 0.326. The zero-order chi connectivity index (χ0) is 24.6. The van der Waals surface area contributed by atoms with Gasteiger partial charge in [-0.05, 0) is 112 Å². The van der Waals surface area contributed by atoms with Crippen molar-refractivity contribution in [3.63, 3.8) is 0 Å². The lowest BCUT2D eigenvalue weighted by atomic mass is 10.0. The van der Waals surface area contributed by atoms with Gasteiger partial charge in [-0.25, -0.2) is 0 Å². The molecule has 4 rings (SSSR count). The standard InChI is InChI=1S/2C8H16.2C8H14/c4*1-6-4-7(2)8(3)5-6/h2*6-8H,4-5H2,1-3H3;2*4,7-8H,5H2,1-3H3. The molecule has 0 heteroatoms. The molecule has 0 N–H and O–H groups in total. The lowest BCUT2D eigenvalue weighted by molar-refractivity contribution is 0.457. The minimum absolute atomic E-state index is 0.829. The van der Waals surface area contributed by atoms with Crippen LogP contribution in [-0.2, 0) is 0 Å². The molecule has 0 aliphatic heterocycles. The van der Waals surface area contributed by atoms with Gasteiger partial charge in [-0.2, -0.15) is 0 Å². The Hall–Kier alpha value is -0.520. The molecule has 32 heavy (non-hydrogen) atoms. The Morgan fingerprint density at radius 1 is 0.438 bits per heavy atom. The summed E-state index contributed by atoms with van der Waals surface area (Å²) in [5.74, 6) is 9.42. The Bertz CT molecular complexity index is 509. The molecule has 0 spiro atoms. The molecule has 4 aliphatic carbocycles. The minimum atomic E-state index is 0.829. The minimum Gasteiger partial charge on any atom is -0.0825 e. The molecule has 2 fully saturated rings. The second kappa shape index (κ2) is 14.0. The fourth-order valence-electron chi connectivity index (χ4n) is 6.41. The molecule has 0 nitrogen and oxygen atoms in total. The molecule has 8 unspecified atom stereocenters. The van der Waals surface area contributed by atoms with Crippen LogP contribution in [0.15, 0.2) is 23.3 Å². The van der Waals surface area contributed by atoms with Gasteiger partial charge in [0.1, 0.15) is 0 Å². The zero-order valence-corrected chi connectivity index (χ0v) is 24.2. The highest BCUT2D eigenvalue weighted by atomic mass is 14.3. The molecule has 0 saturated heterocycles. The van der Waals surface area contributed by atoms with Crippen LogP contribution in [0.25, 0.3) is 0 Å². The van der Waals surface area contributed by atoms with Crippen molar-refractivity contribution in [2.45, 2.75) is 122 Å². The fourth-order valence-corrected chi connectivity index (χ4v) is 6.41. The van der Waals surface area contributed by atoms with Gasteiger partial charge in [-0.3, -0.25) is 0 Å². The summed E-state index contributed by atoms with van der Waals surface area (Å²) >= 11 is 0. The molecule has 0 bridgehead atoms. The average Bonchev–Trinajstić information content (AvgIpc) is 3.32. The molecular formula is C32H60. The monoisotopic (exact) mass is 444 g/mol. The number of allylic oxidation sites excluding steroid dienone is 4. The highest BCUT2D eigenvalue weighted by molar-refractivity contribution is 5.09. The highest BCUT2D eigenvalue weighted by Crippen LogP contribution is 2.35. The Balaban J connectivity index is 0.000000213. The van der Waals surface area contributed by atoms with Gasteiger partial charge in [-0.1, -0.05) is 92.5 Å². The second-order valence-electron chi connectivity index (χ2n) is 13.2. The smallest absolute Gasteiger partial charge is 0.0231 e. The van der Waals surface area contributed by atoms with Crippen LogP contribution in [-0.4, -0.2) is 0 Å². The second-order valence-corrected chi connectivity index (χ2v) is 13.2. The van der Waals surface area contributed by atoms with Crippen LogP contribution in [0.4, 0.5) is 0 Å². The van der Waals surface area contributed by atoms with Gasteiger partial charge in [0, 0.05) is 0 Å². The lowest BCUT2D eigenvalue weighted by Gasteiger charge is -2.05. The van der Waals surface area contributed by atoms with Gasteiger partial charge in [0.25, 0.3) is 0 Å². The predicted molar refractivity (Wildman–Crippen MR) is 147 cm³/mol. The third-order valence-corrected chi connectivity index (χ3v) is 9.22. The van der Waals surface area contributed by atoms with Crippen molar-refractivity contribution in [3.05, 3.63) is 23.3 Å². The first kappa shape index (κ1) is 29.5. The van der Waals surface area contributed by atoms with Crippen LogP contribution in [0.2, 0.25) is 0 Å². The predicted octanol–water partition coefficient (Wildman–Crippen LogP) is 10.6. The summed E-state index contributed by atoms with van der Waals surface area (Å²) in [5.41, 5.74) is 3.15. The van der Waals surface area contributed by atoms with Gasteiger partial charge >= 0.3 is 0 Å². The van der Waals surface area contributed by atoms with E-state index in [0.29, 0.717) is 0 Å². The first-order valence-corrected chi connectivity index (χ1v) is 14.1. The number of hydrogen-bond acceptors (Lipinski definition) is 0. The van der Waals surface area contributed by atoms with Gasteiger partial charge < -0.3 is 0 Å². The van der Waals surface area contributed by atoms with Crippen molar-refractivity contribution in [1.29, 1.82) is 0 Å². The van der Waals surface area contributed by atoms with E-state index >= 15 is 0 Å². The van der Waals surface area contributed by atoms with Crippen molar-refractivity contribution in [2.24, 2.45) is 59.2 Å². The van der Waals surface area contributed by atoms with Crippen LogP contribution in [0.3, 0.4) is 0 Å². The van der Waals surface area contributed by atoms with E-state index in [1.54, 1.807) is 11.1 Å². The van der Waals surface area contributed by atoms with Crippen molar-refractivity contribution >= 4 is 0 Å². The summed E-state index contributed by atoms with van der Waals surface area (Å²) < 4.78 is 0. The largest absolute Gasteiger partial charge is 0.0825 e. The summed E-state index contributed by atoms with van der Waals surface area (Å²) in [7, 11) is 0. The third-order valence-electron chi connectivity index (χ3n) is 9.22. The number of hydrogen-bond donors (Lipinski definition) is 0. The van der Waals surface area contributed by atoms with Gasteiger partial charge in [0.15, 0.2) is 0 Å². The molecule has 0 aromatic heterocycles. The topological polar surface area (TPSA) is 0 Å². The van der Waals surface area contributed by atoms with Gasteiger partial charge in [0.05, 0.1) is 0 Å². The SMILES string of the molecule is CC1=CC(C)C(C)C1.CC1=CC(C)C(C)C1.CC1CC(C)C(C)C1.CC1CC(C)C(C)C1. The fraction of sp³-hybridized carbons (Fsp3) is 0.875. The van der Waals surface area contributed by atoms with E-state index in [2.05, 4.69) is 95.2 Å². The van der Waals surface area contributed by atoms with Crippen LogP contribution >= 0.6 is 0 Å². The number of rotatable bonds is 0. The van der Waals surface area contributed by atoms with Gasteiger partial charge in [-0.15, -0.1) is 0 Å². The molecule has 0 aromatic rings. The average molecular weight is 445 g/mol. The molecular weight excluding hydrogens is 384 g/mol. The Labute approximate surface area is 204 Å². The van der Waals surface area contributed by atoms with Crippen LogP contribution in [0.1, 0.15) is 122 Å². The van der Waals surface area contributed by atoms with E-state index in [-0.39, 0.29) is 0 Å². The molecule has 2 saturated carbocycles. The molecule has 8 atom stereocenters. The Morgan fingerprint density at radius 2 is 0.688 bits per heavy atom. The molecule has 0 amide bonds. The molecule has 0 heterocycles. The zero-order valence-electron chi connectivity index (χ0n) is 24.2. The van der Waals surface area contributed by atoms with Crippen LogP contribution in [0, 0.1) is 59.2 Å². The van der Waals surface area contributed by atoms with E-state index in [1.165, 1.54) is 38.5 Å². The van der Waals surface area contributed by atoms with Crippen LogP contribution < -0.4 is 0 Å². The van der Waals surface area contributed by atoms with Crippen molar-refractivity contribution in [2.75, 3.05) is 0 Å². The molecule has 0 aromatic carbocycles. The summed E-state index contributed by atoms with van der Waals surface area (Å²) in [5, 5.41) is 0. The maximum absolute atomic E-state index is 2.38. The van der Waals surface area contributed by atoms with E-state index in [0.717, 1.165) is 59.2 Å². The van der Waals surface area contributed by atoms with E-state index in [4.69, 9.17) is 0 Å². The van der Waals surface area contributed by atoms with Crippen molar-refractivity contribution in [1.82, 2.24) is 0 Å². The maximum atomic E-state index is 2.38. The van der Waals surface area contributed by atoms with Crippen molar-refractivity contribution < 1.29 is 0 Å². The van der Waals surface area contributed by atoms with Crippen LogP contribution in [0.5, 0.6) is 0 Å². The Morgan fingerprint density at radius 3 is 0.750 bits per heavy atom. The molecule has 188 valence electrons. The highest BCUT2D eigenvalue weighted by Gasteiger charge is 2.25. The summed E-state index contributed by atoms with van der Waals surface area (Å²) in [6.07, 6.45) is 13.2. The Kier molecular flexibility index (Phi) is 12.9. The summed E-state index contributed by atoms with van der Waals surface area (Å²) in [4.78, 5) is 0. The summed E-state index contributed by atoms with van der Waals surface area (Å²) in [6.45, 7) is 27.9. The van der Waals surface area contributed by atoms with E-state index in [9.17, 15) is 0 Å². The van der Waals surface area contributed by atoms with E-state index < -0.39 is 0 Å². The first-order valence-electron chi connectivity index (χ1n) is 14.1. The lowest BCUT2D eigenvalue weighted by Crippen LogP contribution is -1.96.